The maximum atomic E-state index is 11.8. The number of carbonyl (C=O) groups is 2. The van der Waals surface area contributed by atoms with E-state index in [0.29, 0.717) is 25.9 Å². The minimum Gasteiger partial charge on any atom is -0.466 e. The molecule has 0 aliphatic heterocycles. The fraction of sp³-hybridized carbons (Fsp3) is 0.920. The smallest absolute Gasteiger partial charge is 0.306 e. The fourth-order valence-electron chi connectivity index (χ4n) is 3.49. The van der Waals surface area contributed by atoms with Crippen LogP contribution in [0.3, 0.4) is 0 Å². The summed E-state index contributed by atoms with van der Waals surface area (Å²) in [7, 11) is 0. The number of carbonyl (C=O) groups excluding carboxylic acids is 2. The molecule has 0 saturated heterocycles. The molecule has 0 aromatic heterocycles. The third kappa shape index (κ3) is 20.0. The Morgan fingerprint density at radius 2 is 1.14 bits per heavy atom. The van der Waals surface area contributed by atoms with E-state index in [4.69, 9.17) is 9.47 Å². The maximum Gasteiger partial charge on any atom is 0.306 e. The van der Waals surface area contributed by atoms with Gasteiger partial charge in [-0.1, -0.05) is 97.8 Å². The summed E-state index contributed by atoms with van der Waals surface area (Å²) in [6.45, 7) is 6.88. The van der Waals surface area contributed by atoms with Gasteiger partial charge < -0.3 is 9.47 Å². The second-order valence-corrected chi connectivity index (χ2v) is 8.27. The van der Waals surface area contributed by atoms with Crippen LogP contribution in [0.4, 0.5) is 0 Å². The molecule has 4 heteroatoms. The summed E-state index contributed by atoms with van der Waals surface area (Å²) in [5.74, 6) is -0.388. The predicted molar refractivity (Wildman–Crippen MR) is 121 cm³/mol. The molecule has 0 aromatic rings. The van der Waals surface area contributed by atoms with E-state index in [1.165, 1.54) is 64.2 Å². The first-order valence-electron chi connectivity index (χ1n) is 12.5. The van der Waals surface area contributed by atoms with Gasteiger partial charge in [-0.2, -0.15) is 0 Å². The van der Waals surface area contributed by atoms with Crippen molar-refractivity contribution in [3.05, 3.63) is 0 Å². The van der Waals surface area contributed by atoms with Crippen molar-refractivity contribution in [3.63, 3.8) is 0 Å². The van der Waals surface area contributed by atoms with E-state index in [9.17, 15) is 9.59 Å². The van der Waals surface area contributed by atoms with Crippen LogP contribution >= 0.6 is 0 Å². The van der Waals surface area contributed by atoms with Gasteiger partial charge in [0.05, 0.1) is 6.61 Å². The summed E-state index contributed by atoms with van der Waals surface area (Å²) in [6.07, 6.45) is 19.5. The molecule has 0 amide bonds. The molecule has 0 N–H and O–H groups in total. The second kappa shape index (κ2) is 21.6. The van der Waals surface area contributed by atoms with Crippen LogP contribution in [-0.2, 0) is 19.1 Å². The largest absolute Gasteiger partial charge is 0.466 e. The van der Waals surface area contributed by atoms with Crippen LogP contribution < -0.4 is 0 Å². The highest BCUT2D eigenvalue weighted by Gasteiger charge is 2.12. The van der Waals surface area contributed by atoms with E-state index < -0.39 is 0 Å². The Labute approximate surface area is 180 Å². The van der Waals surface area contributed by atoms with Crippen molar-refractivity contribution < 1.29 is 19.1 Å². The molecule has 0 heterocycles. The van der Waals surface area contributed by atoms with Crippen LogP contribution in [0.5, 0.6) is 0 Å². The Kier molecular flexibility index (Phi) is 20.9. The van der Waals surface area contributed by atoms with Gasteiger partial charge in [0.15, 0.2) is 0 Å². The lowest BCUT2D eigenvalue weighted by atomic mass is 10.1. The zero-order valence-electron chi connectivity index (χ0n) is 19.6. The number of esters is 2. The third-order valence-electron chi connectivity index (χ3n) is 5.39. The summed E-state index contributed by atoms with van der Waals surface area (Å²) < 4.78 is 10.7. The highest BCUT2D eigenvalue weighted by molar-refractivity contribution is 5.72. The molecular formula is C25H48O4. The van der Waals surface area contributed by atoms with E-state index in [2.05, 4.69) is 13.8 Å². The lowest BCUT2D eigenvalue weighted by Gasteiger charge is -2.15. The Bertz CT molecular complexity index is 381. The van der Waals surface area contributed by atoms with Crippen LogP contribution in [0, 0.1) is 0 Å². The van der Waals surface area contributed by atoms with Crippen LogP contribution in [0.2, 0.25) is 0 Å². The van der Waals surface area contributed by atoms with Crippen molar-refractivity contribution in [2.45, 2.75) is 142 Å². The van der Waals surface area contributed by atoms with Gasteiger partial charge in [0, 0.05) is 12.8 Å². The molecule has 0 fully saturated rings. The fourth-order valence-corrected chi connectivity index (χ4v) is 3.49. The van der Waals surface area contributed by atoms with Gasteiger partial charge in [-0.3, -0.25) is 9.59 Å². The highest BCUT2D eigenvalue weighted by Crippen LogP contribution is 2.12. The molecule has 0 bridgehead atoms. The van der Waals surface area contributed by atoms with Crippen molar-refractivity contribution in [1.29, 1.82) is 0 Å². The monoisotopic (exact) mass is 412 g/mol. The predicted octanol–water partition coefficient (Wildman–Crippen LogP) is 7.52. The number of unbranched alkanes of at least 4 members (excludes halogenated alkanes) is 11. The maximum absolute atomic E-state index is 11.8. The van der Waals surface area contributed by atoms with Gasteiger partial charge in [0.2, 0.25) is 0 Å². The average Bonchev–Trinajstić information content (AvgIpc) is 2.71. The van der Waals surface area contributed by atoms with Crippen LogP contribution in [0.1, 0.15) is 136 Å². The highest BCUT2D eigenvalue weighted by atomic mass is 16.5. The van der Waals surface area contributed by atoms with Gasteiger partial charge in [-0.15, -0.1) is 0 Å². The minimum atomic E-state index is -0.195. The number of rotatable bonds is 21. The lowest BCUT2D eigenvalue weighted by molar-refractivity contribution is -0.150. The van der Waals surface area contributed by atoms with E-state index >= 15 is 0 Å². The van der Waals surface area contributed by atoms with E-state index in [0.717, 1.165) is 32.1 Å². The van der Waals surface area contributed by atoms with Gasteiger partial charge in [0.25, 0.3) is 0 Å². The summed E-state index contributed by atoms with van der Waals surface area (Å²) in [5, 5.41) is 0. The Balaban J connectivity index is 3.38. The van der Waals surface area contributed by atoms with Crippen LogP contribution in [-0.4, -0.2) is 24.6 Å². The molecule has 0 saturated carbocycles. The molecule has 0 aliphatic rings. The van der Waals surface area contributed by atoms with Gasteiger partial charge >= 0.3 is 11.9 Å². The zero-order valence-corrected chi connectivity index (χ0v) is 19.6. The van der Waals surface area contributed by atoms with E-state index in [1.54, 1.807) is 0 Å². The molecule has 172 valence electrons. The SMILES string of the molecule is CCCCCCCCCCCCCCOC(=O)CCCC(=O)OC(CC)CCC. The molecule has 0 rings (SSSR count). The van der Waals surface area contributed by atoms with Crippen LogP contribution in [0.25, 0.3) is 0 Å². The summed E-state index contributed by atoms with van der Waals surface area (Å²) in [5.41, 5.74) is 0. The second-order valence-electron chi connectivity index (χ2n) is 8.27. The Morgan fingerprint density at radius 3 is 1.66 bits per heavy atom. The van der Waals surface area contributed by atoms with Crippen LogP contribution in [0.15, 0.2) is 0 Å². The number of hydrogen-bond donors (Lipinski definition) is 0. The first-order valence-corrected chi connectivity index (χ1v) is 12.5. The molecule has 0 aromatic carbocycles. The molecular weight excluding hydrogens is 364 g/mol. The van der Waals surface area contributed by atoms with Crippen molar-refractivity contribution in [2.24, 2.45) is 0 Å². The van der Waals surface area contributed by atoms with Gasteiger partial charge in [0.1, 0.15) is 6.10 Å². The van der Waals surface area contributed by atoms with Gasteiger partial charge in [-0.05, 0) is 25.7 Å². The van der Waals surface area contributed by atoms with Crippen molar-refractivity contribution in [1.82, 2.24) is 0 Å². The molecule has 0 radical (unpaired) electrons. The standard InChI is InChI=1S/C25H48O4/c1-4-7-8-9-10-11-12-13-14-15-16-17-22-28-24(26)20-18-21-25(27)29-23(6-3)19-5-2/h23H,4-22H2,1-3H3. The first kappa shape index (κ1) is 27.9. The Hall–Kier alpha value is -1.06. The zero-order chi connectivity index (χ0) is 21.6. The Morgan fingerprint density at radius 1 is 0.621 bits per heavy atom. The molecule has 1 atom stereocenters. The van der Waals surface area contributed by atoms with E-state index in [-0.39, 0.29) is 18.0 Å². The van der Waals surface area contributed by atoms with Crippen molar-refractivity contribution in [3.8, 4) is 0 Å². The average molecular weight is 413 g/mol. The summed E-state index contributed by atoms with van der Waals surface area (Å²) in [4.78, 5) is 23.5. The molecule has 0 spiro atoms. The number of ether oxygens (including phenoxy) is 2. The quantitative estimate of drug-likeness (QED) is 0.144. The molecule has 29 heavy (non-hydrogen) atoms. The van der Waals surface area contributed by atoms with E-state index in [1.807, 2.05) is 6.92 Å². The molecule has 1 unspecified atom stereocenters. The molecule has 0 aliphatic carbocycles. The van der Waals surface area contributed by atoms with Crippen molar-refractivity contribution >= 4 is 11.9 Å². The summed E-state index contributed by atoms with van der Waals surface area (Å²) >= 11 is 0. The van der Waals surface area contributed by atoms with Crippen molar-refractivity contribution in [2.75, 3.05) is 6.61 Å². The number of hydrogen-bond acceptors (Lipinski definition) is 4. The third-order valence-corrected chi connectivity index (χ3v) is 5.39. The summed E-state index contributed by atoms with van der Waals surface area (Å²) in [6, 6.07) is 0. The first-order chi connectivity index (χ1) is 14.1. The van der Waals surface area contributed by atoms with Gasteiger partial charge in [-0.25, -0.2) is 0 Å². The molecule has 4 nitrogen and oxygen atoms in total. The topological polar surface area (TPSA) is 52.6 Å². The lowest BCUT2D eigenvalue weighted by Crippen LogP contribution is -2.17. The minimum absolute atomic E-state index is 0.0187. The normalized spacial score (nSPS) is 12.0.